The molecule has 2 rings (SSSR count). The zero-order valence-corrected chi connectivity index (χ0v) is 10.1. The summed E-state index contributed by atoms with van der Waals surface area (Å²) in [6.07, 6.45) is 0. The molecule has 0 radical (unpaired) electrons. The lowest BCUT2D eigenvalue weighted by Gasteiger charge is -2.08. The minimum atomic E-state index is -1.23. The highest BCUT2D eigenvalue weighted by Gasteiger charge is 2.18. The average molecular weight is 265 g/mol. The van der Waals surface area contributed by atoms with Gasteiger partial charge in [0.2, 0.25) is 0 Å². The fraction of sp³-hybridized carbons (Fsp3) is 0.0714. The Bertz CT molecular complexity index is 569. The minimum Gasteiger partial charge on any atom is -0.480 e. The van der Waals surface area contributed by atoms with Gasteiger partial charge in [0.25, 0.3) is 0 Å². The van der Waals surface area contributed by atoms with Crippen molar-refractivity contribution in [3.8, 4) is 11.1 Å². The molecule has 0 amide bonds. The standard InChI is InChI=1S/C14H10ClFO2/c15-13(14(17)18)10-6-7-11(12(16)8-10)9-4-2-1-3-5-9/h1-8,13H,(H,17,18). The molecule has 0 aliphatic rings. The third-order valence-electron chi connectivity index (χ3n) is 2.59. The Morgan fingerprint density at radius 1 is 1.17 bits per heavy atom. The molecule has 18 heavy (non-hydrogen) atoms. The Balaban J connectivity index is 2.40. The number of carbonyl (C=O) groups is 1. The van der Waals surface area contributed by atoms with Crippen LogP contribution in [0.15, 0.2) is 48.5 Å². The van der Waals surface area contributed by atoms with E-state index in [4.69, 9.17) is 16.7 Å². The van der Waals surface area contributed by atoms with Crippen molar-refractivity contribution < 1.29 is 14.3 Å². The highest BCUT2D eigenvalue weighted by atomic mass is 35.5. The minimum absolute atomic E-state index is 0.237. The number of aliphatic carboxylic acids is 1. The molecular weight excluding hydrogens is 255 g/mol. The van der Waals surface area contributed by atoms with Crippen molar-refractivity contribution in [2.45, 2.75) is 5.38 Å². The van der Waals surface area contributed by atoms with Crippen LogP contribution in [0.3, 0.4) is 0 Å². The lowest BCUT2D eigenvalue weighted by molar-refractivity contribution is -0.136. The second kappa shape index (κ2) is 5.19. The first-order valence-electron chi connectivity index (χ1n) is 5.31. The SMILES string of the molecule is O=C(O)C(Cl)c1ccc(-c2ccccc2)c(F)c1. The molecule has 1 unspecified atom stereocenters. The summed E-state index contributed by atoms with van der Waals surface area (Å²) in [6.45, 7) is 0. The lowest BCUT2D eigenvalue weighted by Crippen LogP contribution is -2.05. The summed E-state index contributed by atoms with van der Waals surface area (Å²) in [4.78, 5) is 10.7. The Morgan fingerprint density at radius 2 is 1.83 bits per heavy atom. The third kappa shape index (κ3) is 2.51. The van der Waals surface area contributed by atoms with Gasteiger partial charge in [0, 0.05) is 5.56 Å². The molecule has 0 heterocycles. The van der Waals surface area contributed by atoms with Crippen LogP contribution in [0.25, 0.3) is 11.1 Å². The average Bonchev–Trinajstić information content (AvgIpc) is 2.38. The number of benzene rings is 2. The highest BCUT2D eigenvalue weighted by molar-refractivity contribution is 6.29. The largest absolute Gasteiger partial charge is 0.480 e. The molecule has 0 aliphatic carbocycles. The fourth-order valence-electron chi connectivity index (χ4n) is 1.68. The zero-order chi connectivity index (χ0) is 13.1. The second-order valence-corrected chi connectivity index (χ2v) is 4.24. The molecule has 1 atom stereocenters. The molecule has 2 aromatic rings. The Hall–Kier alpha value is -1.87. The highest BCUT2D eigenvalue weighted by Crippen LogP contribution is 2.27. The van der Waals surface area contributed by atoms with Gasteiger partial charge < -0.3 is 5.11 Å². The van der Waals surface area contributed by atoms with Crippen molar-refractivity contribution in [2.75, 3.05) is 0 Å². The van der Waals surface area contributed by atoms with Gasteiger partial charge in [0.1, 0.15) is 5.82 Å². The topological polar surface area (TPSA) is 37.3 Å². The molecule has 0 bridgehead atoms. The maximum atomic E-state index is 13.9. The van der Waals surface area contributed by atoms with Crippen LogP contribution in [-0.4, -0.2) is 11.1 Å². The molecule has 4 heteroatoms. The number of carboxylic acid groups (broad SMARTS) is 1. The Labute approximate surface area is 109 Å². The Morgan fingerprint density at radius 3 is 2.39 bits per heavy atom. The number of hydrogen-bond acceptors (Lipinski definition) is 1. The number of carboxylic acids is 1. The summed E-state index contributed by atoms with van der Waals surface area (Å²) in [5.41, 5.74) is 1.40. The summed E-state index contributed by atoms with van der Waals surface area (Å²) in [6, 6.07) is 13.3. The predicted molar refractivity (Wildman–Crippen MR) is 68.1 cm³/mol. The van der Waals surface area contributed by atoms with Gasteiger partial charge in [-0.2, -0.15) is 0 Å². The van der Waals surface area contributed by atoms with Crippen molar-refractivity contribution >= 4 is 17.6 Å². The monoisotopic (exact) mass is 264 g/mol. The number of alkyl halides is 1. The van der Waals surface area contributed by atoms with Crippen LogP contribution in [-0.2, 0) is 4.79 Å². The van der Waals surface area contributed by atoms with E-state index in [2.05, 4.69) is 0 Å². The van der Waals surface area contributed by atoms with Crippen LogP contribution >= 0.6 is 11.6 Å². The van der Waals surface area contributed by atoms with E-state index in [-0.39, 0.29) is 5.56 Å². The van der Waals surface area contributed by atoms with Gasteiger partial charge in [-0.15, -0.1) is 11.6 Å². The fourth-order valence-corrected chi connectivity index (χ4v) is 1.82. The van der Waals surface area contributed by atoms with Gasteiger partial charge in [-0.25, -0.2) is 4.39 Å². The van der Waals surface area contributed by atoms with Crippen LogP contribution in [0.1, 0.15) is 10.9 Å². The van der Waals surface area contributed by atoms with E-state index >= 15 is 0 Å². The molecule has 2 aromatic carbocycles. The summed E-state index contributed by atoms with van der Waals surface area (Å²) < 4.78 is 13.9. The van der Waals surface area contributed by atoms with Gasteiger partial charge in [-0.05, 0) is 17.2 Å². The van der Waals surface area contributed by atoms with Crippen LogP contribution in [0, 0.1) is 5.82 Å². The summed E-state index contributed by atoms with van der Waals surface area (Å²) in [5, 5.41) is 7.53. The second-order valence-electron chi connectivity index (χ2n) is 3.81. The summed E-state index contributed by atoms with van der Waals surface area (Å²) in [7, 11) is 0. The lowest BCUT2D eigenvalue weighted by atomic mass is 10.0. The van der Waals surface area contributed by atoms with Gasteiger partial charge in [0.15, 0.2) is 5.38 Å². The van der Waals surface area contributed by atoms with Crippen molar-refractivity contribution in [3.63, 3.8) is 0 Å². The molecule has 0 saturated heterocycles. The normalized spacial score (nSPS) is 12.1. The van der Waals surface area contributed by atoms with E-state index in [1.807, 2.05) is 18.2 Å². The van der Waals surface area contributed by atoms with Gasteiger partial charge in [0.05, 0.1) is 0 Å². The van der Waals surface area contributed by atoms with Gasteiger partial charge in [-0.3, -0.25) is 4.79 Å². The smallest absolute Gasteiger partial charge is 0.326 e. The van der Waals surface area contributed by atoms with Crippen molar-refractivity contribution in [1.82, 2.24) is 0 Å². The van der Waals surface area contributed by atoms with E-state index in [1.54, 1.807) is 18.2 Å². The first-order valence-corrected chi connectivity index (χ1v) is 5.75. The van der Waals surface area contributed by atoms with Gasteiger partial charge >= 0.3 is 5.97 Å². The van der Waals surface area contributed by atoms with Gasteiger partial charge in [-0.1, -0.05) is 42.5 Å². The number of halogens is 2. The third-order valence-corrected chi connectivity index (χ3v) is 3.03. The molecule has 0 aliphatic heterocycles. The molecule has 0 spiro atoms. The number of hydrogen-bond donors (Lipinski definition) is 1. The quantitative estimate of drug-likeness (QED) is 0.855. The van der Waals surface area contributed by atoms with Crippen molar-refractivity contribution in [1.29, 1.82) is 0 Å². The molecular formula is C14H10ClFO2. The van der Waals surface area contributed by atoms with E-state index in [0.29, 0.717) is 5.56 Å². The van der Waals surface area contributed by atoms with E-state index in [1.165, 1.54) is 6.07 Å². The van der Waals surface area contributed by atoms with E-state index in [0.717, 1.165) is 11.6 Å². The van der Waals surface area contributed by atoms with Crippen LogP contribution < -0.4 is 0 Å². The molecule has 0 saturated carbocycles. The maximum absolute atomic E-state index is 13.9. The molecule has 92 valence electrons. The maximum Gasteiger partial charge on any atom is 0.326 e. The Kier molecular flexibility index (Phi) is 3.63. The van der Waals surface area contributed by atoms with Crippen LogP contribution in [0.2, 0.25) is 0 Å². The first kappa shape index (κ1) is 12.6. The van der Waals surface area contributed by atoms with Crippen molar-refractivity contribution in [3.05, 3.63) is 59.9 Å². The molecule has 2 nitrogen and oxygen atoms in total. The van der Waals surface area contributed by atoms with Crippen LogP contribution in [0.5, 0.6) is 0 Å². The molecule has 0 fully saturated rings. The summed E-state index contributed by atoms with van der Waals surface area (Å²) >= 11 is 5.65. The van der Waals surface area contributed by atoms with Crippen molar-refractivity contribution in [2.24, 2.45) is 0 Å². The molecule has 1 N–H and O–H groups in total. The number of rotatable bonds is 3. The molecule has 0 aromatic heterocycles. The summed E-state index contributed by atoms with van der Waals surface area (Å²) in [5.74, 6) is -1.67. The predicted octanol–water partition coefficient (Wildman–Crippen LogP) is 3.86. The van der Waals surface area contributed by atoms with E-state index < -0.39 is 17.2 Å². The van der Waals surface area contributed by atoms with Crippen LogP contribution in [0.4, 0.5) is 4.39 Å². The zero-order valence-electron chi connectivity index (χ0n) is 9.31. The van der Waals surface area contributed by atoms with E-state index in [9.17, 15) is 9.18 Å². The first-order chi connectivity index (χ1) is 8.59.